The van der Waals surface area contributed by atoms with E-state index in [-0.39, 0.29) is 11.6 Å². The van der Waals surface area contributed by atoms with Crippen molar-refractivity contribution in [2.24, 2.45) is 5.92 Å². The van der Waals surface area contributed by atoms with E-state index in [0.29, 0.717) is 54.2 Å². The summed E-state index contributed by atoms with van der Waals surface area (Å²) in [7, 11) is 0. The zero-order chi connectivity index (χ0) is 22.8. The van der Waals surface area contributed by atoms with Gasteiger partial charge in [-0.1, -0.05) is 0 Å². The Morgan fingerprint density at radius 3 is 2.50 bits per heavy atom. The predicted octanol–water partition coefficient (Wildman–Crippen LogP) is 5.53. The van der Waals surface area contributed by atoms with Crippen molar-refractivity contribution in [3.63, 3.8) is 0 Å². The third-order valence-electron chi connectivity index (χ3n) is 5.71. The third kappa shape index (κ3) is 4.47. The van der Waals surface area contributed by atoms with E-state index in [1.807, 2.05) is 18.7 Å². The second kappa shape index (κ2) is 9.03. The highest BCUT2D eigenvalue weighted by Crippen LogP contribution is 2.37. The summed E-state index contributed by atoms with van der Waals surface area (Å²) in [5, 5.41) is 12.5. The van der Waals surface area contributed by atoms with Gasteiger partial charge in [-0.25, -0.2) is 23.1 Å². The molecule has 0 unspecified atom stereocenters. The van der Waals surface area contributed by atoms with Crippen LogP contribution in [0.1, 0.15) is 44.0 Å². The smallest absolute Gasteiger partial charge is 0.172 e. The maximum Gasteiger partial charge on any atom is 0.172 e. The van der Waals surface area contributed by atoms with Gasteiger partial charge in [-0.2, -0.15) is 5.26 Å². The molecule has 1 saturated heterocycles. The second-order valence-corrected chi connectivity index (χ2v) is 8.40. The first-order valence-electron chi connectivity index (χ1n) is 10.7. The highest BCUT2D eigenvalue weighted by atomic mass is 19.1. The van der Waals surface area contributed by atoms with Gasteiger partial charge in [-0.05, 0) is 69.0 Å². The van der Waals surface area contributed by atoms with Crippen molar-refractivity contribution in [3.8, 4) is 6.07 Å². The summed E-state index contributed by atoms with van der Waals surface area (Å²) in [5.74, 6) is -0.508. The van der Waals surface area contributed by atoms with E-state index < -0.39 is 23.7 Å². The summed E-state index contributed by atoms with van der Waals surface area (Å²) in [4.78, 5) is 11.5. The molecule has 3 aromatic rings. The van der Waals surface area contributed by atoms with E-state index >= 15 is 4.39 Å². The Bertz CT molecular complexity index is 1170. The third-order valence-corrected chi connectivity index (χ3v) is 5.71. The summed E-state index contributed by atoms with van der Waals surface area (Å²) in [6.45, 7) is 5.02. The van der Waals surface area contributed by atoms with Crippen LogP contribution >= 0.6 is 0 Å². The average Bonchev–Trinajstić information content (AvgIpc) is 2.79. The van der Waals surface area contributed by atoms with Gasteiger partial charge in [0.15, 0.2) is 11.6 Å². The molecule has 166 valence electrons. The van der Waals surface area contributed by atoms with Gasteiger partial charge < -0.3 is 10.2 Å². The van der Waals surface area contributed by atoms with Crippen LogP contribution in [0.15, 0.2) is 36.4 Å². The minimum absolute atomic E-state index is 0.127. The Labute approximate surface area is 184 Å². The number of aromatic nitrogens is 2. The summed E-state index contributed by atoms with van der Waals surface area (Å²) in [6, 6.07) is 10.3. The molecule has 0 aliphatic carbocycles. The van der Waals surface area contributed by atoms with Crippen LogP contribution in [0.2, 0.25) is 0 Å². The molecular formula is C24H24F3N5. The molecule has 1 fully saturated rings. The van der Waals surface area contributed by atoms with Crippen LogP contribution < -0.4 is 10.2 Å². The minimum atomic E-state index is -1.57. The first kappa shape index (κ1) is 21.9. The van der Waals surface area contributed by atoms with Gasteiger partial charge >= 0.3 is 0 Å². The molecule has 1 atom stereocenters. The lowest BCUT2D eigenvalue weighted by Gasteiger charge is -2.35. The van der Waals surface area contributed by atoms with Crippen LogP contribution in [0.4, 0.5) is 24.8 Å². The molecule has 0 radical (unpaired) electrons. The van der Waals surface area contributed by atoms with E-state index in [0.717, 1.165) is 18.2 Å². The number of nitriles is 1. The monoisotopic (exact) mass is 439 g/mol. The van der Waals surface area contributed by atoms with Crippen molar-refractivity contribution < 1.29 is 13.2 Å². The van der Waals surface area contributed by atoms with Crippen LogP contribution in [0.25, 0.3) is 11.0 Å². The largest absolute Gasteiger partial charge is 0.365 e. The number of fused-ring (bicyclic) bond motifs is 1. The highest BCUT2D eigenvalue weighted by molar-refractivity contribution is 5.82. The molecule has 8 heteroatoms. The van der Waals surface area contributed by atoms with E-state index in [4.69, 9.17) is 9.97 Å². The maximum absolute atomic E-state index is 15.0. The number of anilines is 2. The van der Waals surface area contributed by atoms with Crippen molar-refractivity contribution in [3.05, 3.63) is 59.2 Å². The van der Waals surface area contributed by atoms with Crippen LogP contribution in [0.5, 0.6) is 0 Å². The van der Waals surface area contributed by atoms with E-state index in [1.165, 1.54) is 0 Å². The minimum Gasteiger partial charge on any atom is -0.365 e. The Morgan fingerprint density at radius 1 is 1.06 bits per heavy atom. The molecule has 1 aromatic heterocycles. The molecule has 5 nitrogen and oxygen atoms in total. The number of halogens is 3. The molecule has 0 saturated carbocycles. The summed E-state index contributed by atoms with van der Waals surface area (Å²) in [5.41, 5.74) is 1.57. The number of rotatable bonds is 5. The number of hydrogen-bond donors (Lipinski definition) is 1. The van der Waals surface area contributed by atoms with Crippen LogP contribution in [0, 0.1) is 28.9 Å². The van der Waals surface area contributed by atoms with Crippen LogP contribution in [-0.2, 0) is 0 Å². The van der Waals surface area contributed by atoms with Gasteiger partial charge in [0.2, 0.25) is 0 Å². The molecule has 2 aromatic carbocycles. The molecule has 4 rings (SSSR count). The maximum atomic E-state index is 15.0. The number of benzene rings is 2. The van der Waals surface area contributed by atoms with Gasteiger partial charge in [0.1, 0.15) is 17.8 Å². The van der Waals surface area contributed by atoms with Gasteiger partial charge in [-0.3, -0.25) is 0 Å². The van der Waals surface area contributed by atoms with E-state index in [1.54, 1.807) is 18.2 Å². The number of nitrogens with one attached hydrogen (secondary N) is 1. The summed E-state index contributed by atoms with van der Waals surface area (Å²) in [6.07, 6.45) is -0.631. The molecule has 0 bridgehead atoms. The van der Waals surface area contributed by atoms with E-state index in [2.05, 4.69) is 11.4 Å². The molecule has 0 spiro atoms. The number of hydrogen-bond acceptors (Lipinski definition) is 5. The lowest BCUT2D eigenvalue weighted by molar-refractivity contribution is 0.193. The Hall–Kier alpha value is -3.34. The molecule has 1 aliphatic heterocycles. The summed E-state index contributed by atoms with van der Waals surface area (Å²) < 4.78 is 42.6. The fraction of sp³-hybridized carbons (Fsp3) is 0.375. The topological polar surface area (TPSA) is 64.8 Å². The molecule has 1 N–H and O–H groups in total. The predicted molar refractivity (Wildman–Crippen MR) is 118 cm³/mol. The fourth-order valence-electron chi connectivity index (χ4n) is 4.09. The zero-order valence-electron chi connectivity index (χ0n) is 17.9. The normalized spacial score (nSPS) is 15.7. The molecule has 1 aliphatic rings. The number of piperidine rings is 1. The Balaban J connectivity index is 1.58. The van der Waals surface area contributed by atoms with Crippen molar-refractivity contribution >= 4 is 22.7 Å². The fourth-order valence-corrected chi connectivity index (χ4v) is 4.09. The quantitative estimate of drug-likeness (QED) is 0.567. The van der Waals surface area contributed by atoms with Crippen molar-refractivity contribution in [2.75, 3.05) is 23.3 Å². The van der Waals surface area contributed by atoms with Gasteiger partial charge in [0.05, 0.1) is 22.7 Å². The first-order chi connectivity index (χ1) is 15.4. The standard InChI is InChI=1S/C24H24F3N5/c1-14(2)29-23-24(31-21-11-15(13-28)3-6-20(21)30-23)32-9-7-16(8-10-32)22(27)18-12-17(25)4-5-19(18)26/h3-6,11-12,14,16,22H,7-10H2,1-2H3,(H,29,30)/t22-/m0/s1. The van der Waals surface area contributed by atoms with Crippen molar-refractivity contribution in [2.45, 2.75) is 38.9 Å². The lowest BCUT2D eigenvalue weighted by Crippen LogP contribution is -2.36. The number of alkyl halides is 1. The van der Waals surface area contributed by atoms with Crippen molar-refractivity contribution in [1.29, 1.82) is 5.26 Å². The molecular weight excluding hydrogens is 415 g/mol. The molecule has 2 heterocycles. The average molecular weight is 439 g/mol. The lowest BCUT2D eigenvalue weighted by atomic mass is 9.88. The Kier molecular flexibility index (Phi) is 6.17. The van der Waals surface area contributed by atoms with E-state index in [9.17, 15) is 14.0 Å². The molecule has 0 amide bonds. The van der Waals surface area contributed by atoms with Crippen LogP contribution in [-0.4, -0.2) is 29.1 Å². The van der Waals surface area contributed by atoms with Crippen molar-refractivity contribution in [1.82, 2.24) is 9.97 Å². The highest BCUT2D eigenvalue weighted by Gasteiger charge is 2.31. The first-order valence-corrected chi connectivity index (χ1v) is 10.7. The van der Waals surface area contributed by atoms with Gasteiger partial charge in [-0.15, -0.1) is 0 Å². The van der Waals surface area contributed by atoms with Gasteiger partial charge in [0, 0.05) is 24.7 Å². The molecule has 32 heavy (non-hydrogen) atoms. The Morgan fingerprint density at radius 2 is 1.81 bits per heavy atom. The zero-order valence-corrected chi connectivity index (χ0v) is 17.9. The van der Waals surface area contributed by atoms with Crippen LogP contribution in [0.3, 0.4) is 0 Å². The number of nitrogens with zero attached hydrogens (tertiary/aromatic N) is 4. The summed E-state index contributed by atoms with van der Waals surface area (Å²) >= 11 is 0. The SMILES string of the molecule is CC(C)Nc1nc2ccc(C#N)cc2nc1N1CCC([C@H](F)c2cc(F)ccc2F)CC1. The second-order valence-electron chi connectivity index (χ2n) is 8.40. The van der Waals surface area contributed by atoms with Gasteiger partial charge in [0.25, 0.3) is 0 Å².